The fourth-order valence-corrected chi connectivity index (χ4v) is 7.79. The van der Waals surface area contributed by atoms with Crippen molar-refractivity contribution in [3.05, 3.63) is 23.8 Å². The summed E-state index contributed by atoms with van der Waals surface area (Å²) in [5.41, 5.74) is 2.73. The molecule has 0 aromatic rings. The van der Waals surface area contributed by atoms with Gasteiger partial charge in [-0.2, -0.15) is 0 Å². The number of fused-ring (bicyclic) bond motifs is 5. The molecule has 0 amide bonds. The second-order valence-corrected chi connectivity index (χ2v) is 9.97. The fourth-order valence-electron chi connectivity index (χ4n) is 7.79. The smallest absolute Gasteiger partial charge is 0.156 e. The molecule has 0 spiro atoms. The Balaban J connectivity index is 1.74. The van der Waals surface area contributed by atoms with Gasteiger partial charge in [0, 0.05) is 12.3 Å². The summed E-state index contributed by atoms with van der Waals surface area (Å²) < 4.78 is 0. The zero-order valence-electron chi connectivity index (χ0n) is 16.2. The number of rotatable bonds is 1. The summed E-state index contributed by atoms with van der Waals surface area (Å²) in [6.07, 6.45) is 8.14. The van der Waals surface area contributed by atoms with Gasteiger partial charge in [-0.15, -0.1) is 0 Å². The average Bonchev–Trinajstić information content (AvgIpc) is 2.80. The monoisotopic (exact) mass is 340 g/mol. The molecule has 0 saturated heterocycles. The van der Waals surface area contributed by atoms with Gasteiger partial charge in [0.25, 0.3) is 0 Å². The zero-order valence-corrected chi connectivity index (χ0v) is 16.2. The Morgan fingerprint density at radius 3 is 2.64 bits per heavy atom. The molecule has 4 rings (SSSR count). The second-order valence-electron chi connectivity index (χ2n) is 9.97. The lowest BCUT2D eigenvalue weighted by molar-refractivity contribution is -0.129. The minimum Gasteiger partial charge on any atom is -0.300 e. The van der Waals surface area contributed by atoms with Gasteiger partial charge < -0.3 is 0 Å². The van der Waals surface area contributed by atoms with Crippen LogP contribution in [0.2, 0.25) is 0 Å². The van der Waals surface area contributed by atoms with Crippen molar-refractivity contribution in [3.8, 4) is 0 Å². The van der Waals surface area contributed by atoms with E-state index >= 15 is 0 Å². The SMILES string of the molecule is C=C1CC2C(CCC3(C)C2CC(C)C3C(C)=O)C2(C)CCC(=O)C=C12. The minimum atomic E-state index is 0.118. The van der Waals surface area contributed by atoms with Crippen molar-refractivity contribution in [1.29, 1.82) is 0 Å². The number of Topliss-reactive ketones (excluding diaryl/α,β-unsaturated/α-hetero) is 1. The summed E-state index contributed by atoms with van der Waals surface area (Å²) in [5, 5.41) is 0. The lowest BCUT2D eigenvalue weighted by Gasteiger charge is -2.58. The molecule has 0 bridgehead atoms. The molecule has 0 heterocycles. The number of carbonyl (C=O) groups excluding carboxylic acids is 2. The van der Waals surface area contributed by atoms with Crippen molar-refractivity contribution in [2.24, 2.45) is 40.4 Å². The van der Waals surface area contributed by atoms with Crippen molar-refractivity contribution < 1.29 is 9.59 Å². The predicted molar refractivity (Wildman–Crippen MR) is 100.0 cm³/mol. The van der Waals surface area contributed by atoms with Crippen LogP contribution in [0.15, 0.2) is 23.8 Å². The van der Waals surface area contributed by atoms with Crippen LogP contribution in [0.25, 0.3) is 0 Å². The van der Waals surface area contributed by atoms with Gasteiger partial charge in [0.1, 0.15) is 5.78 Å². The normalized spacial score (nSPS) is 49.1. The van der Waals surface area contributed by atoms with Crippen molar-refractivity contribution in [3.63, 3.8) is 0 Å². The van der Waals surface area contributed by atoms with E-state index in [-0.39, 0.29) is 22.5 Å². The van der Waals surface area contributed by atoms with E-state index in [0.29, 0.717) is 35.9 Å². The molecule has 3 saturated carbocycles. The third-order valence-electron chi connectivity index (χ3n) is 8.71. The number of hydrogen-bond acceptors (Lipinski definition) is 2. The zero-order chi connectivity index (χ0) is 18.1. The molecule has 0 N–H and O–H groups in total. The predicted octanol–water partition coefficient (Wildman–Crippen LogP) is 5.14. The Bertz CT molecular complexity index is 686. The van der Waals surface area contributed by atoms with E-state index in [1.165, 1.54) is 24.0 Å². The van der Waals surface area contributed by atoms with Crippen LogP contribution in [-0.2, 0) is 9.59 Å². The molecule has 4 aliphatic carbocycles. The van der Waals surface area contributed by atoms with Gasteiger partial charge in [0.15, 0.2) is 5.78 Å². The Labute approximate surface area is 152 Å². The summed E-state index contributed by atoms with van der Waals surface area (Å²) in [4.78, 5) is 24.4. The molecule has 136 valence electrons. The summed E-state index contributed by atoms with van der Waals surface area (Å²) >= 11 is 0. The summed E-state index contributed by atoms with van der Waals surface area (Å²) in [6, 6.07) is 0. The van der Waals surface area contributed by atoms with Gasteiger partial charge in [-0.3, -0.25) is 9.59 Å². The second kappa shape index (κ2) is 5.41. The van der Waals surface area contributed by atoms with E-state index < -0.39 is 0 Å². The van der Waals surface area contributed by atoms with Crippen molar-refractivity contribution in [2.75, 3.05) is 0 Å². The van der Waals surface area contributed by atoms with Crippen LogP contribution < -0.4 is 0 Å². The maximum absolute atomic E-state index is 12.4. The van der Waals surface area contributed by atoms with E-state index in [4.69, 9.17) is 0 Å². The molecule has 7 unspecified atom stereocenters. The van der Waals surface area contributed by atoms with Crippen molar-refractivity contribution in [2.45, 2.75) is 66.2 Å². The maximum Gasteiger partial charge on any atom is 0.156 e. The van der Waals surface area contributed by atoms with Crippen LogP contribution in [0.4, 0.5) is 0 Å². The Kier molecular flexibility index (Phi) is 3.73. The molecule has 0 aliphatic heterocycles. The van der Waals surface area contributed by atoms with E-state index in [1.807, 2.05) is 6.08 Å². The van der Waals surface area contributed by atoms with E-state index in [0.717, 1.165) is 19.3 Å². The standard InChI is InChI=1S/C23H32O2/c1-13-10-17-18(22(4)8-6-16(25)12-19(13)22)7-9-23(5)20(17)11-14(2)21(23)15(3)24/h12,14,17-18,20-21H,1,6-11H2,2-5H3. The molecule has 2 heteroatoms. The quantitative estimate of drug-likeness (QED) is 0.662. The molecule has 7 atom stereocenters. The molecular weight excluding hydrogens is 308 g/mol. The third-order valence-corrected chi connectivity index (χ3v) is 8.71. The number of ketones is 2. The molecule has 0 radical (unpaired) electrons. The van der Waals surface area contributed by atoms with Crippen LogP contribution in [-0.4, -0.2) is 11.6 Å². The first kappa shape index (κ1) is 17.2. The van der Waals surface area contributed by atoms with E-state index in [9.17, 15) is 9.59 Å². The highest BCUT2D eigenvalue weighted by Gasteiger charge is 2.61. The molecule has 2 nitrogen and oxygen atoms in total. The highest BCUT2D eigenvalue weighted by molar-refractivity contribution is 5.92. The van der Waals surface area contributed by atoms with Gasteiger partial charge in [-0.25, -0.2) is 0 Å². The van der Waals surface area contributed by atoms with Crippen LogP contribution in [0.3, 0.4) is 0 Å². The Hall–Kier alpha value is -1.18. The molecule has 25 heavy (non-hydrogen) atoms. The first-order valence-corrected chi connectivity index (χ1v) is 10.1. The minimum absolute atomic E-state index is 0.118. The summed E-state index contributed by atoms with van der Waals surface area (Å²) in [7, 11) is 0. The molecule has 4 aliphatic rings. The van der Waals surface area contributed by atoms with Gasteiger partial charge in [-0.1, -0.05) is 32.9 Å². The Morgan fingerprint density at radius 1 is 1.24 bits per heavy atom. The molecule has 0 aromatic carbocycles. The lowest BCUT2D eigenvalue weighted by atomic mass is 9.46. The third kappa shape index (κ3) is 2.22. The first-order chi connectivity index (χ1) is 11.7. The Morgan fingerprint density at radius 2 is 1.96 bits per heavy atom. The highest BCUT2D eigenvalue weighted by atomic mass is 16.1. The van der Waals surface area contributed by atoms with Gasteiger partial charge >= 0.3 is 0 Å². The maximum atomic E-state index is 12.4. The van der Waals surface area contributed by atoms with Crippen LogP contribution in [0.1, 0.15) is 66.2 Å². The van der Waals surface area contributed by atoms with Crippen molar-refractivity contribution >= 4 is 11.6 Å². The lowest BCUT2D eigenvalue weighted by Crippen LogP contribution is -2.51. The van der Waals surface area contributed by atoms with E-state index in [1.54, 1.807) is 6.92 Å². The topological polar surface area (TPSA) is 34.1 Å². The average molecular weight is 341 g/mol. The largest absolute Gasteiger partial charge is 0.300 e. The fraction of sp³-hybridized carbons (Fsp3) is 0.739. The number of carbonyl (C=O) groups is 2. The summed E-state index contributed by atoms with van der Waals surface area (Å²) in [6.45, 7) is 13.3. The van der Waals surface area contributed by atoms with Gasteiger partial charge in [0.05, 0.1) is 0 Å². The first-order valence-electron chi connectivity index (χ1n) is 10.1. The highest BCUT2D eigenvalue weighted by Crippen LogP contribution is 2.68. The van der Waals surface area contributed by atoms with Crippen LogP contribution >= 0.6 is 0 Å². The number of allylic oxidation sites excluding steroid dienone is 2. The number of hydrogen-bond donors (Lipinski definition) is 0. The summed E-state index contributed by atoms with van der Waals surface area (Å²) in [5.74, 6) is 3.30. The van der Waals surface area contributed by atoms with Crippen LogP contribution in [0, 0.1) is 40.4 Å². The molecule has 3 fully saturated rings. The molecular formula is C23H32O2. The van der Waals surface area contributed by atoms with E-state index in [2.05, 4.69) is 27.4 Å². The van der Waals surface area contributed by atoms with Gasteiger partial charge in [-0.05, 0) is 85.2 Å². The van der Waals surface area contributed by atoms with Gasteiger partial charge in [0.2, 0.25) is 0 Å². The van der Waals surface area contributed by atoms with Crippen molar-refractivity contribution in [1.82, 2.24) is 0 Å². The molecule has 0 aromatic heterocycles. The van der Waals surface area contributed by atoms with Crippen LogP contribution in [0.5, 0.6) is 0 Å².